The first-order chi connectivity index (χ1) is 19.0. The van der Waals surface area contributed by atoms with E-state index in [0.29, 0.717) is 34.0 Å². The summed E-state index contributed by atoms with van der Waals surface area (Å²) in [5, 5.41) is 15.5. The molecule has 0 aromatic heterocycles. The quantitative estimate of drug-likeness (QED) is 0.219. The van der Waals surface area contributed by atoms with Crippen molar-refractivity contribution in [1.29, 1.82) is 0 Å². The first kappa shape index (κ1) is 28.2. The Morgan fingerprint density at radius 3 is 2.08 bits per heavy atom. The molecule has 0 saturated carbocycles. The summed E-state index contributed by atoms with van der Waals surface area (Å²) in [5.41, 5.74) is 5.34. The molecule has 0 heterocycles. The van der Waals surface area contributed by atoms with Gasteiger partial charge in [-0.15, -0.1) is 0 Å². The van der Waals surface area contributed by atoms with Crippen LogP contribution < -0.4 is 20.1 Å². The van der Waals surface area contributed by atoms with Gasteiger partial charge in [-0.25, -0.2) is 9.59 Å². The van der Waals surface area contributed by atoms with Gasteiger partial charge in [0.25, 0.3) is 0 Å². The third-order valence-corrected chi connectivity index (χ3v) is 6.55. The molecule has 4 rings (SSSR count). The first-order valence-corrected chi connectivity index (χ1v) is 12.9. The van der Waals surface area contributed by atoms with Crippen LogP contribution in [0, 0.1) is 13.8 Å². The Morgan fingerprint density at radius 2 is 1.40 bits per heavy atom. The van der Waals surface area contributed by atoms with Gasteiger partial charge >= 0.3 is 12.0 Å². The van der Waals surface area contributed by atoms with Crippen LogP contribution in [0.1, 0.15) is 47.8 Å². The lowest BCUT2D eigenvalue weighted by molar-refractivity contribution is 0.0693. The van der Waals surface area contributed by atoms with E-state index in [2.05, 4.69) is 31.4 Å². The summed E-state index contributed by atoms with van der Waals surface area (Å²) >= 11 is 0. The highest BCUT2D eigenvalue weighted by molar-refractivity contribution is 6.02. The molecule has 0 aliphatic rings. The van der Waals surface area contributed by atoms with Crippen LogP contribution in [0.25, 0.3) is 11.1 Å². The van der Waals surface area contributed by atoms with Crippen LogP contribution in [0.5, 0.6) is 17.2 Å². The number of carbonyl (C=O) groups excluding carboxylic acids is 1. The molecule has 0 bridgehead atoms. The number of benzene rings is 4. The predicted octanol–water partition coefficient (Wildman–Crippen LogP) is 8.41. The molecule has 206 valence electrons. The molecule has 0 unspecified atom stereocenters. The fourth-order valence-electron chi connectivity index (χ4n) is 4.39. The number of amides is 2. The summed E-state index contributed by atoms with van der Waals surface area (Å²) in [6, 6.07) is 23.5. The normalized spacial score (nSPS) is 11.1. The van der Waals surface area contributed by atoms with Crippen LogP contribution in [-0.4, -0.2) is 24.2 Å². The topological polar surface area (TPSA) is 96.9 Å². The van der Waals surface area contributed by atoms with Crippen molar-refractivity contribution in [3.63, 3.8) is 0 Å². The summed E-state index contributed by atoms with van der Waals surface area (Å²) in [5.74, 6) is 0.298. The van der Waals surface area contributed by atoms with Crippen molar-refractivity contribution >= 4 is 23.4 Å². The van der Waals surface area contributed by atoms with E-state index in [9.17, 15) is 14.7 Å². The van der Waals surface area contributed by atoms with Crippen LogP contribution in [0.4, 0.5) is 16.2 Å². The highest BCUT2D eigenvalue weighted by Gasteiger charge is 2.21. The van der Waals surface area contributed by atoms with Crippen molar-refractivity contribution in [1.82, 2.24) is 0 Å². The second-order valence-corrected chi connectivity index (χ2v) is 10.7. The average Bonchev–Trinajstić information content (AvgIpc) is 2.91. The molecular formula is C33H34N2O5. The molecule has 40 heavy (non-hydrogen) atoms. The number of nitrogens with one attached hydrogen (secondary N) is 2. The number of carboxylic acid groups (broad SMARTS) is 1. The van der Waals surface area contributed by atoms with Gasteiger partial charge in [0.1, 0.15) is 17.1 Å². The van der Waals surface area contributed by atoms with Gasteiger partial charge in [-0.05, 0) is 77.9 Å². The van der Waals surface area contributed by atoms with E-state index in [4.69, 9.17) is 9.47 Å². The summed E-state index contributed by atoms with van der Waals surface area (Å²) < 4.78 is 11.6. The van der Waals surface area contributed by atoms with Gasteiger partial charge in [-0.3, -0.25) is 0 Å². The molecule has 0 radical (unpaired) electrons. The maximum absolute atomic E-state index is 13.2. The lowest BCUT2D eigenvalue weighted by Gasteiger charge is -2.23. The van der Waals surface area contributed by atoms with Crippen LogP contribution >= 0.6 is 0 Å². The third kappa shape index (κ3) is 6.43. The van der Waals surface area contributed by atoms with Crippen molar-refractivity contribution < 1.29 is 24.2 Å². The zero-order valence-corrected chi connectivity index (χ0v) is 23.6. The van der Waals surface area contributed by atoms with E-state index in [1.54, 1.807) is 30.3 Å². The SMILES string of the molecule is COc1ccc(-c2ccc(Oc3ccccc3C(C)(C)C)c(NC(=O)Nc3cc(C)ccc3C)c2)cc1C(=O)O. The van der Waals surface area contributed by atoms with E-state index < -0.39 is 12.0 Å². The van der Waals surface area contributed by atoms with Crippen molar-refractivity contribution in [2.75, 3.05) is 17.7 Å². The Balaban J connectivity index is 1.75. The molecule has 7 heteroatoms. The van der Waals surface area contributed by atoms with E-state index in [1.807, 2.05) is 62.4 Å². The molecule has 0 fully saturated rings. The number of urea groups is 1. The van der Waals surface area contributed by atoms with Gasteiger partial charge in [0.2, 0.25) is 0 Å². The smallest absolute Gasteiger partial charge is 0.339 e. The number of aryl methyl sites for hydroxylation is 2. The van der Waals surface area contributed by atoms with Gasteiger partial charge < -0.3 is 25.2 Å². The van der Waals surface area contributed by atoms with Crippen molar-refractivity contribution in [2.24, 2.45) is 0 Å². The molecule has 4 aromatic rings. The monoisotopic (exact) mass is 538 g/mol. The molecule has 0 atom stereocenters. The van der Waals surface area contributed by atoms with Gasteiger partial charge in [-0.1, -0.05) is 63.2 Å². The van der Waals surface area contributed by atoms with E-state index in [1.165, 1.54) is 7.11 Å². The summed E-state index contributed by atoms with van der Waals surface area (Å²) in [6.07, 6.45) is 0. The Bertz CT molecular complexity index is 1570. The molecule has 0 spiro atoms. The van der Waals surface area contributed by atoms with E-state index in [-0.39, 0.29) is 16.7 Å². The Morgan fingerprint density at radius 1 is 0.750 bits per heavy atom. The van der Waals surface area contributed by atoms with Crippen LogP contribution in [0.15, 0.2) is 78.9 Å². The molecule has 2 amide bonds. The first-order valence-electron chi connectivity index (χ1n) is 12.9. The minimum Gasteiger partial charge on any atom is -0.496 e. The number of anilines is 2. The van der Waals surface area contributed by atoms with Crippen LogP contribution in [0.3, 0.4) is 0 Å². The second-order valence-electron chi connectivity index (χ2n) is 10.7. The number of methoxy groups -OCH3 is 1. The Kier molecular flexibility index (Phi) is 8.14. The number of rotatable bonds is 7. The number of carbonyl (C=O) groups is 2. The largest absolute Gasteiger partial charge is 0.496 e. The van der Waals surface area contributed by atoms with Crippen molar-refractivity contribution in [2.45, 2.75) is 40.0 Å². The Labute approximate surface area is 234 Å². The predicted molar refractivity (Wildman–Crippen MR) is 159 cm³/mol. The second kappa shape index (κ2) is 11.5. The van der Waals surface area contributed by atoms with Gasteiger partial charge in [-0.2, -0.15) is 0 Å². The number of ether oxygens (including phenoxy) is 2. The minimum absolute atomic E-state index is 0.0432. The number of carboxylic acids is 1. The number of aromatic carboxylic acids is 1. The summed E-state index contributed by atoms with van der Waals surface area (Å²) in [6.45, 7) is 10.2. The highest BCUT2D eigenvalue weighted by atomic mass is 16.5. The zero-order chi connectivity index (χ0) is 29.0. The van der Waals surface area contributed by atoms with E-state index in [0.717, 1.165) is 16.7 Å². The molecule has 3 N–H and O–H groups in total. The van der Waals surface area contributed by atoms with Crippen LogP contribution in [-0.2, 0) is 5.41 Å². The lowest BCUT2D eigenvalue weighted by atomic mass is 9.86. The van der Waals surface area contributed by atoms with Crippen LogP contribution in [0.2, 0.25) is 0 Å². The van der Waals surface area contributed by atoms with Gasteiger partial charge in [0, 0.05) is 11.3 Å². The number of hydrogen-bond donors (Lipinski definition) is 3. The van der Waals surface area contributed by atoms with Gasteiger partial charge in [0.05, 0.1) is 12.8 Å². The van der Waals surface area contributed by atoms with Crippen molar-refractivity contribution in [3.05, 3.63) is 101 Å². The standard InChI is InChI=1S/C33H34N2O5/c1-20-11-12-21(2)26(17-20)34-32(38)35-27-19-23(22-13-15-28(39-6)24(18-22)31(36)37)14-16-30(27)40-29-10-8-7-9-25(29)33(3,4)5/h7-19H,1-6H3,(H,36,37)(H2,34,35,38). The number of para-hydroxylation sites is 1. The Hall–Kier alpha value is -4.78. The average molecular weight is 539 g/mol. The van der Waals surface area contributed by atoms with Gasteiger partial charge in [0.15, 0.2) is 5.75 Å². The fourth-order valence-corrected chi connectivity index (χ4v) is 4.39. The maximum atomic E-state index is 13.2. The summed E-state index contributed by atoms with van der Waals surface area (Å²) in [7, 11) is 1.43. The molecule has 4 aromatic carbocycles. The van der Waals surface area contributed by atoms with Crippen molar-refractivity contribution in [3.8, 4) is 28.4 Å². The number of hydrogen-bond acceptors (Lipinski definition) is 4. The zero-order valence-electron chi connectivity index (χ0n) is 23.6. The van der Waals surface area contributed by atoms with E-state index >= 15 is 0 Å². The fraction of sp³-hybridized carbons (Fsp3) is 0.212. The maximum Gasteiger partial charge on any atom is 0.339 e. The highest BCUT2D eigenvalue weighted by Crippen LogP contribution is 2.39. The molecule has 7 nitrogen and oxygen atoms in total. The molecular weight excluding hydrogens is 504 g/mol. The molecule has 0 aliphatic carbocycles. The lowest BCUT2D eigenvalue weighted by Crippen LogP contribution is -2.20. The summed E-state index contributed by atoms with van der Waals surface area (Å²) in [4.78, 5) is 25.0. The third-order valence-electron chi connectivity index (χ3n) is 6.55. The molecule has 0 aliphatic heterocycles. The minimum atomic E-state index is -1.09. The molecule has 0 saturated heterocycles.